The first-order chi connectivity index (χ1) is 9.94. The molecule has 0 aromatic rings. The van der Waals surface area contributed by atoms with Gasteiger partial charge in [0.05, 0.1) is 26.4 Å². The van der Waals surface area contributed by atoms with Crippen molar-refractivity contribution in [3.63, 3.8) is 0 Å². The predicted octanol–water partition coefficient (Wildman–Crippen LogP) is 3.82. The van der Waals surface area contributed by atoms with Crippen LogP contribution in [0.25, 0.3) is 0 Å². The van der Waals surface area contributed by atoms with Gasteiger partial charge in [0.1, 0.15) is 6.29 Å². The Hall–Kier alpha value is -0.0300. The molecule has 0 amide bonds. The van der Waals surface area contributed by atoms with Crippen molar-refractivity contribution in [2.45, 2.75) is 45.9 Å². The van der Waals surface area contributed by atoms with Crippen LogP contribution in [0.2, 0.25) is 0 Å². The summed E-state index contributed by atoms with van der Waals surface area (Å²) in [5, 5.41) is -1.10. The number of carbonyl (C=O) groups is 1. The van der Waals surface area contributed by atoms with Crippen LogP contribution in [0.5, 0.6) is 0 Å². The van der Waals surface area contributed by atoms with E-state index in [0.29, 0.717) is 6.29 Å². The minimum absolute atomic E-state index is 0.0536. The molecule has 0 atom stereocenters. The second kappa shape index (κ2) is 10.7. The number of aldehydes is 1. The highest BCUT2D eigenvalue weighted by molar-refractivity contribution is 7.72. The van der Waals surface area contributed by atoms with Crippen molar-refractivity contribution in [3.05, 3.63) is 0 Å². The first-order valence-electron chi connectivity index (χ1n) is 7.15. The van der Waals surface area contributed by atoms with Gasteiger partial charge in [0.25, 0.3) is 0 Å². The van der Waals surface area contributed by atoms with Crippen molar-refractivity contribution in [1.29, 1.82) is 0 Å². The Morgan fingerprint density at radius 3 is 1.38 bits per heavy atom. The van der Waals surface area contributed by atoms with E-state index in [0.717, 1.165) is 0 Å². The van der Waals surface area contributed by atoms with Gasteiger partial charge < -0.3 is 22.9 Å². The Kier molecular flexibility index (Phi) is 10.6. The van der Waals surface area contributed by atoms with Crippen molar-refractivity contribution in [2.24, 2.45) is 0 Å². The summed E-state index contributed by atoms with van der Waals surface area (Å²) in [6.45, 7) is 7.17. The molecular weight excluding hydrogens is 318 g/mol. The maximum atomic E-state index is 12.9. The fourth-order valence-corrected chi connectivity index (χ4v) is 7.24. The zero-order valence-corrected chi connectivity index (χ0v) is 14.9. The molecule has 0 aliphatic rings. The normalized spacial score (nSPS) is 12.8. The Balaban J connectivity index is 5.61. The first kappa shape index (κ1) is 21.0. The van der Waals surface area contributed by atoms with Gasteiger partial charge in [-0.1, -0.05) is 0 Å². The van der Waals surface area contributed by atoms with E-state index in [9.17, 15) is 13.9 Å². The summed E-state index contributed by atoms with van der Waals surface area (Å²) in [6.07, 6.45) is 0.786. The molecule has 0 spiro atoms. The molecule has 0 fully saturated rings. The molecule has 21 heavy (non-hydrogen) atoms. The monoisotopic (exact) mass is 344 g/mol. The minimum atomic E-state index is -3.71. The van der Waals surface area contributed by atoms with Gasteiger partial charge in [-0.05, 0) is 34.1 Å². The van der Waals surface area contributed by atoms with Crippen LogP contribution in [0.4, 0.5) is 0 Å². The number of hydrogen-bond acceptors (Lipinski definition) is 7. The van der Waals surface area contributed by atoms with Gasteiger partial charge in [-0.15, -0.1) is 0 Å². The quantitative estimate of drug-likeness (QED) is 0.371. The van der Waals surface area contributed by atoms with Crippen molar-refractivity contribution in [1.82, 2.24) is 0 Å². The van der Waals surface area contributed by atoms with Crippen molar-refractivity contribution < 1.29 is 32.0 Å². The van der Waals surface area contributed by atoms with E-state index in [2.05, 4.69) is 0 Å². The maximum absolute atomic E-state index is 12.9. The molecule has 7 nitrogen and oxygen atoms in total. The summed E-state index contributed by atoms with van der Waals surface area (Å²) in [4.78, 5) is 10.7. The van der Waals surface area contributed by atoms with Crippen molar-refractivity contribution >= 4 is 21.5 Å². The lowest BCUT2D eigenvalue weighted by Gasteiger charge is -2.31. The summed E-state index contributed by atoms with van der Waals surface area (Å²) in [5.74, 6) is 0. The number of carbonyl (C=O) groups excluding carboxylic acids is 1. The number of rotatable bonds is 13. The molecule has 0 rings (SSSR count). The van der Waals surface area contributed by atoms with E-state index < -0.39 is 20.6 Å². The van der Waals surface area contributed by atoms with Gasteiger partial charge in [0, 0.05) is 6.42 Å². The van der Waals surface area contributed by atoms with Gasteiger partial charge in [0.15, 0.2) is 5.40 Å². The van der Waals surface area contributed by atoms with Crippen LogP contribution in [0, 0.1) is 0 Å². The van der Waals surface area contributed by atoms with Gasteiger partial charge in [-0.25, -0.2) is 0 Å². The van der Waals surface area contributed by atoms with Crippen LogP contribution in [0.1, 0.15) is 40.5 Å². The van der Waals surface area contributed by atoms with Crippen LogP contribution in [0.15, 0.2) is 0 Å². The Bertz CT molecular complexity index is 336. The van der Waals surface area contributed by atoms with Crippen LogP contribution in [-0.2, 0) is 32.0 Å². The molecule has 0 unspecified atom stereocenters. The number of hydrogen-bond donors (Lipinski definition) is 0. The van der Waals surface area contributed by atoms with E-state index in [1.165, 1.54) is 0 Å². The SMILES string of the molecule is CCOP(=O)(OCC)C(CCC=O)P(=O)(OCC)OCC. The molecule has 0 bridgehead atoms. The molecular formula is C12H26O7P2. The maximum Gasteiger partial charge on any atom is 0.345 e. The summed E-state index contributed by atoms with van der Waals surface area (Å²) < 4.78 is 46.9. The van der Waals surface area contributed by atoms with Crippen LogP contribution >= 0.6 is 15.2 Å². The van der Waals surface area contributed by atoms with Gasteiger partial charge in [-0.3, -0.25) is 9.13 Å². The highest BCUT2D eigenvalue weighted by Crippen LogP contribution is 2.71. The van der Waals surface area contributed by atoms with Crippen LogP contribution < -0.4 is 0 Å². The van der Waals surface area contributed by atoms with Crippen molar-refractivity contribution in [2.75, 3.05) is 26.4 Å². The summed E-state index contributed by atoms with van der Waals surface area (Å²) in [7, 11) is -7.42. The molecule has 0 aliphatic heterocycles. The van der Waals surface area contributed by atoms with E-state index in [-0.39, 0.29) is 39.3 Å². The average Bonchev–Trinajstić information content (AvgIpc) is 2.40. The lowest BCUT2D eigenvalue weighted by molar-refractivity contribution is -0.107. The summed E-state index contributed by atoms with van der Waals surface area (Å²) in [6, 6.07) is 0. The topological polar surface area (TPSA) is 88.1 Å². The molecule has 0 N–H and O–H groups in total. The summed E-state index contributed by atoms with van der Waals surface area (Å²) >= 11 is 0. The van der Waals surface area contributed by atoms with Gasteiger partial charge in [-0.2, -0.15) is 0 Å². The summed E-state index contributed by atoms with van der Waals surface area (Å²) in [5.41, 5.74) is 0. The van der Waals surface area contributed by atoms with Gasteiger partial charge >= 0.3 is 15.2 Å². The Labute approximate surface area is 126 Å². The third-order valence-electron chi connectivity index (χ3n) is 2.51. The van der Waals surface area contributed by atoms with Crippen LogP contribution in [0.3, 0.4) is 0 Å². The molecule has 0 saturated carbocycles. The molecule has 9 heteroatoms. The molecule has 0 aromatic carbocycles. The van der Waals surface area contributed by atoms with E-state index >= 15 is 0 Å². The highest BCUT2D eigenvalue weighted by atomic mass is 31.2. The van der Waals surface area contributed by atoms with E-state index in [1.54, 1.807) is 27.7 Å². The Morgan fingerprint density at radius 2 is 1.14 bits per heavy atom. The first-order valence-corrected chi connectivity index (χ1v) is 10.4. The molecule has 0 radical (unpaired) electrons. The zero-order valence-electron chi connectivity index (χ0n) is 13.1. The standard InChI is InChI=1S/C12H26O7P2/c1-5-16-20(14,17-6-2)12(10-9-11-13)21(15,18-7-3)19-8-4/h11-12H,5-10H2,1-4H3. The third-order valence-corrected chi connectivity index (χ3v) is 8.65. The molecule has 0 aromatic heterocycles. The molecule has 0 aliphatic carbocycles. The third kappa shape index (κ3) is 6.31. The second-order valence-corrected chi connectivity index (χ2v) is 8.82. The lowest BCUT2D eigenvalue weighted by Crippen LogP contribution is -2.18. The zero-order chi connectivity index (χ0) is 16.4. The average molecular weight is 344 g/mol. The molecule has 0 saturated heterocycles. The lowest BCUT2D eigenvalue weighted by atomic mass is 10.4. The minimum Gasteiger partial charge on any atom is -0.308 e. The van der Waals surface area contributed by atoms with Gasteiger partial charge in [0.2, 0.25) is 0 Å². The van der Waals surface area contributed by atoms with E-state index in [1.807, 2.05) is 0 Å². The van der Waals surface area contributed by atoms with Crippen LogP contribution in [-0.4, -0.2) is 38.1 Å². The Morgan fingerprint density at radius 1 is 0.810 bits per heavy atom. The van der Waals surface area contributed by atoms with Crippen molar-refractivity contribution in [3.8, 4) is 0 Å². The fraction of sp³-hybridized carbons (Fsp3) is 0.917. The molecule has 126 valence electrons. The fourth-order valence-electron chi connectivity index (χ4n) is 1.85. The second-order valence-electron chi connectivity index (χ2n) is 3.98. The highest BCUT2D eigenvalue weighted by Gasteiger charge is 2.50. The predicted molar refractivity (Wildman–Crippen MR) is 80.8 cm³/mol. The largest absolute Gasteiger partial charge is 0.345 e. The smallest absolute Gasteiger partial charge is 0.308 e. The molecule has 0 heterocycles. The van der Waals surface area contributed by atoms with E-state index in [4.69, 9.17) is 18.1 Å².